The molecule has 0 radical (unpaired) electrons. The second-order valence-electron chi connectivity index (χ2n) is 5.13. The average Bonchev–Trinajstić information content (AvgIpc) is 3.17. The summed E-state index contributed by atoms with van der Waals surface area (Å²) in [6.45, 7) is 0. The number of aliphatic carboxylic acids is 1. The van der Waals surface area contributed by atoms with E-state index in [4.69, 9.17) is 0 Å². The predicted molar refractivity (Wildman–Crippen MR) is 85.7 cm³/mol. The fraction of sp³-hybridized carbons (Fsp3) is 0.429. The first-order chi connectivity index (χ1) is 9.58. The van der Waals surface area contributed by atoms with E-state index in [1.165, 1.54) is 0 Å². The Morgan fingerprint density at radius 1 is 1.25 bits per heavy atom. The number of carbonyl (C=O) groups is 2. The van der Waals surface area contributed by atoms with Crippen molar-refractivity contribution in [3.8, 4) is 0 Å². The van der Waals surface area contributed by atoms with Crippen molar-refractivity contribution in [1.29, 1.82) is 0 Å². The zero-order chi connectivity index (χ0) is 14.3. The van der Waals surface area contributed by atoms with Gasteiger partial charge in [0.05, 0.1) is 5.37 Å². The van der Waals surface area contributed by atoms with Gasteiger partial charge in [-0.05, 0) is 65.6 Å². The minimum absolute atomic E-state index is 0.0304. The molecule has 1 aromatic rings. The molecular weight excluding hydrogens is 389 g/mol. The SMILES string of the molecule is O=C(O)C1CSC(C2CC2)N1C(=O)c1ccc(I)cc1. The van der Waals surface area contributed by atoms with Crippen molar-refractivity contribution < 1.29 is 14.7 Å². The summed E-state index contributed by atoms with van der Waals surface area (Å²) in [5, 5.41) is 9.37. The van der Waals surface area contributed by atoms with Crippen LogP contribution in [0.15, 0.2) is 24.3 Å². The number of carboxylic acid groups (broad SMARTS) is 1. The van der Waals surface area contributed by atoms with Gasteiger partial charge in [0.15, 0.2) is 0 Å². The van der Waals surface area contributed by atoms with Gasteiger partial charge in [-0.1, -0.05) is 0 Å². The van der Waals surface area contributed by atoms with Crippen LogP contribution in [-0.2, 0) is 4.79 Å². The van der Waals surface area contributed by atoms with Gasteiger partial charge in [-0.3, -0.25) is 4.79 Å². The monoisotopic (exact) mass is 403 g/mol. The maximum absolute atomic E-state index is 12.7. The molecule has 1 aromatic carbocycles. The van der Waals surface area contributed by atoms with E-state index < -0.39 is 12.0 Å². The van der Waals surface area contributed by atoms with Crippen molar-refractivity contribution in [3.63, 3.8) is 0 Å². The van der Waals surface area contributed by atoms with Crippen LogP contribution in [-0.4, -0.2) is 39.1 Å². The summed E-state index contributed by atoms with van der Waals surface area (Å²) in [4.78, 5) is 25.6. The van der Waals surface area contributed by atoms with E-state index in [9.17, 15) is 14.7 Å². The summed E-state index contributed by atoms with van der Waals surface area (Å²) >= 11 is 3.79. The van der Waals surface area contributed by atoms with Crippen molar-refractivity contribution in [2.75, 3.05) is 5.75 Å². The summed E-state index contributed by atoms with van der Waals surface area (Å²) in [6, 6.07) is 6.60. The Morgan fingerprint density at radius 2 is 1.90 bits per heavy atom. The molecule has 3 rings (SSSR count). The van der Waals surface area contributed by atoms with E-state index in [0.717, 1.165) is 16.4 Å². The summed E-state index contributed by atoms with van der Waals surface area (Å²) in [7, 11) is 0. The molecule has 1 aliphatic heterocycles. The molecule has 6 heteroatoms. The molecule has 2 fully saturated rings. The Hall–Kier alpha value is -0.760. The molecule has 4 nitrogen and oxygen atoms in total. The second-order valence-corrected chi connectivity index (χ2v) is 7.53. The molecular formula is C14H14INO3S. The number of thioether (sulfide) groups is 1. The molecule has 0 aromatic heterocycles. The fourth-order valence-corrected chi connectivity index (χ4v) is 4.45. The zero-order valence-corrected chi connectivity index (χ0v) is 13.6. The minimum atomic E-state index is -0.903. The van der Waals surface area contributed by atoms with Gasteiger partial charge >= 0.3 is 5.97 Å². The molecule has 1 aliphatic carbocycles. The highest BCUT2D eigenvalue weighted by atomic mass is 127. The summed E-state index contributed by atoms with van der Waals surface area (Å²) in [5.41, 5.74) is 0.574. The van der Waals surface area contributed by atoms with Crippen molar-refractivity contribution in [3.05, 3.63) is 33.4 Å². The fourth-order valence-electron chi connectivity index (χ4n) is 2.46. The van der Waals surface area contributed by atoms with Crippen LogP contribution >= 0.6 is 34.4 Å². The average molecular weight is 403 g/mol. The summed E-state index contributed by atoms with van der Waals surface area (Å²) in [6.07, 6.45) is 2.20. The highest BCUT2D eigenvalue weighted by Crippen LogP contribution is 2.45. The molecule has 1 heterocycles. The molecule has 106 valence electrons. The lowest BCUT2D eigenvalue weighted by Crippen LogP contribution is -2.46. The quantitative estimate of drug-likeness (QED) is 0.789. The predicted octanol–water partition coefficient (Wildman–Crippen LogP) is 2.67. The lowest BCUT2D eigenvalue weighted by molar-refractivity contribution is -0.141. The second kappa shape index (κ2) is 5.55. The van der Waals surface area contributed by atoms with Crippen molar-refractivity contribution in [2.24, 2.45) is 5.92 Å². The number of carboxylic acids is 1. The molecule has 1 saturated carbocycles. The Balaban J connectivity index is 1.88. The van der Waals surface area contributed by atoms with E-state index in [2.05, 4.69) is 22.6 Å². The minimum Gasteiger partial charge on any atom is -0.480 e. The number of carbonyl (C=O) groups excluding carboxylic acids is 1. The normalized spacial score (nSPS) is 25.8. The Morgan fingerprint density at radius 3 is 2.45 bits per heavy atom. The molecule has 2 aliphatic rings. The third-order valence-electron chi connectivity index (χ3n) is 3.67. The van der Waals surface area contributed by atoms with Gasteiger partial charge in [0.1, 0.15) is 6.04 Å². The van der Waals surface area contributed by atoms with Crippen LogP contribution < -0.4 is 0 Å². The molecule has 0 spiro atoms. The van der Waals surface area contributed by atoms with E-state index in [-0.39, 0.29) is 11.3 Å². The van der Waals surface area contributed by atoms with Crippen LogP contribution in [0.5, 0.6) is 0 Å². The molecule has 0 bridgehead atoms. The number of hydrogen-bond donors (Lipinski definition) is 1. The van der Waals surface area contributed by atoms with E-state index in [1.54, 1.807) is 28.8 Å². The first-order valence-corrected chi connectivity index (χ1v) is 8.63. The maximum Gasteiger partial charge on any atom is 0.327 e. The van der Waals surface area contributed by atoms with Crippen LogP contribution in [0.25, 0.3) is 0 Å². The lowest BCUT2D eigenvalue weighted by atomic mass is 10.1. The highest BCUT2D eigenvalue weighted by molar-refractivity contribution is 14.1. The number of benzene rings is 1. The number of amides is 1. The van der Waals surface area contributed by atoms with E-state index in [0.29, 0.717) is 17.2 Å². The molecule has 1 saturated heterocycles. The van der Waals surface area contributed by atoms with Gasteiger partial charge in [-0.25, -0.2) is 4.79 Å². The number of hydrogen-bond acceptors (Lipinski definition) is 3. The topological polar surface area (TPSA) is 57.6 Å². The summed E-state index contributed by atoms with van der Waals surface area (Å²) < 4.78 is 1.06. The lowest BCUT2D eigenvalue weighted by Gasteiger charge is -2.27. The Kier molecular flexibility index (Phi) is 3.94. The van der Waals surface area contributed by atoms with Crippen LogP contribution in [0.1, 0.15) is 23.2 Å². The van der Waals surface area contributed by atoms with E-state index in [1.807, 2.05) is 12.1 Å². The van der Waals surface area contributed by atoms with Crippen LogP contribution in [0, 0.1) is 9.49 Å². The number of rotatable bonds is 3. The van der Waals surface area contributed by atoms with Crippen LogP contribution in [0.2, 0.25) is 0 Å². The van der Waals surface area contributed by atoms with Crippen molar-refractivity contribution >= 4 is 46.2 Å². The van der Waals surface area contributed by atoms with E-state index >= 15 is 0 Å². The maximum atomic E-state index is 12.7. The number of nitrogens with zero attached hydrogens (tertiary/aromatic N) is 1. The van der Waals surface area contributed by atoms with Gasteiger partial charge in [-0.2, -0.15) is 0 Å². The third-order valence-corrected chi connectivity index (χ3v) is 5.85. The zero-order valence-electron chi connectivity index (χ0n) is 10.7. The first-order valence-electron chi connectivity index (χ1n) is 6.50. The Labute approximate surface area is 135 Å². The van der Waals surface area contributed by atoms with Gasteiger partial charge in [0, 0.05) is 14.9 Å². The number of halogens is 1. The van der Waals surface area contributed by atoms with Gasteiger partial charge in [0.25, 0.3) is 5.91 Å². The molecule has 2 atom stereocenters. The van der Waals surface area contributed by atoms with Crippen LogP contribution in [0.4, 0.5) is 0 Å². The first kappa shape index (κ1) is 14.2. The molecule has 20 heavy (non-hydrogen) atoms. The molecule has 2 unspecified atom stereocenters. The third kappa shape index (κ3) is 2.67. The van der Waals surface area contributed by atoms with Crippen molar-refractivity contribution in [1.82, 2.24) is 4.90 Å². The molecule has 1 amide bonds. The molecule has 1 N–H and O–H groups in total. The Bertz CT molecular complexity index is 544. The van der Waals surface area contributed by atoms with Crippen molar-refractivity contribution in [2.45, 2.75) is 24.3 Å². The standard InChI is InChI=1S/C14H14INO3S/c15-10-5-3-8(4-6-10)12(17)16-11(14(18)19)7-20-13(16)9-1-2-9/h3-6,9,11,13H,1-2,7H2,(H,18,19). The largest absolute Gasteiger partial charge is 0.480 e. The highest BCUT2D eigenvalue weighted by Gasteiger charge is 2.48. The smallest absolute Gasteiger partial charge is 0.327 e. The van der Waals surface area contributed by atoms with Gasteiger partial charge in [-0.15, -0.1) is 11.8 Å². The van der Waals surface area contributed by atoms with Crippen LogP contribution in [0.3, 0.4) is 0 Å². The van der Waals surface area contributed by atoms with Gasteiger partial charge in [0.2, 0.25) is 0 Å². The summed E-state index contributed by atoms with van der Waals surface area (Å²) in [5.74, 6) is -0.0977. The van der Waals surface area contributed by atoms with Gasteiger partial charge < -0.3 is 10.0 Å².